The molecule has 2 aromatic rings. The Morgan fingerprint density at radius 2 is 2.25 bits per heavy atom. The number of benzene rings is 1. The first-order chi connectivity index (χ1) is 9.54. The second-order valence-corrected chi connectivity index (χ2v) is 6.38. The number of likely N-dealkylation sites (tertiary alicyclic amines) is 1. The molecule has 0 amide bonds. The van der Waals surface area contributed by atoms with Crippen LogP contribution in [0.5, 0.6) is 0 Å². The van der Waals surface area contributed by atoms with E-state index in [4.69, 9.17) is 11.6 Å². The Kier molecular flexibility index (Phi) is 3.61. The van der Waals surface area contributed by atoms with Gasteiger partial charge in [-0.05, 0) is 50.9 Å². The fourth-order valence-corrected chi connectivity index (χ4v) is 3.23. The van der Waals surface area contributed by atoms with Gasteiger partial charge >= 0.3 is 5.69 Å². The fraction of sp³-hybridized carbons (Fsp3) is 0.533. The molecule has 1 aliphatic rings. The minimum atomic E-state index is -0.0368. The molecule has 0 aliphatic carbocycles. The van der Waals surface area contributed by atoms with Crippen molar-refractivity contribution in [2.75, 3.05) is 13.1 Å². The second kappa shape index (κ2) is 5.26. The summed E-state index contributed by atoms with van der Waals surface area (Å²) in [6, 6.07) is 6.15. The number of aromatic nitrogens is 2. The predicted molar refractivity (Wildman–Crippen MR) is 82.4 cm³/mol. The third-order valence-electron chi connectivity index (χ3n) is 4.22. The maximum absolute atomic E-state index is 12.1. The molecule has 4 nitrogen and oxygen atoms in total. The molecule has 1 saturated heterocycles. The molecule has 1 aliphatic heterocycles. The largest absolute Gasteiger partial charge is 0.326 e. The van der Waals surface area contributed by atoms with E-state index in [1.54, 1.807) is 0 Å². The Hall–Kier alpha value is -1.26. The first kappa shape index (κ1) is 13.7. The van der Waals surface area contributed by atoms with Crippen molar-refractivity contribution in [1.29, 1.82) is 0 Å². The van der Waals surface area contributed by atoms with Crippen molar-refractivity contribution in [2.24, 2.45) is 5.92 Å². The van der Waals surface area contributed by atoms with Crippen LogP contribution in [0.15, 0.2) is 23.0 Å². The van der Waals surface area contributed by atoms with Crippen LogP contribution in [-0.4, -0.2) is 33.6 Å². The zero-order chi connectivity index (χ0) is 14.3. The van der Waals surface area contributed by atoms with Gasteiger partial charge in [-0.1, -0.05) is 11.6 Å². The Balaban J connectivity index is 1.85. The number of nitrogens with zero attached hydrogens (tertiary/aromatic N) is 2. The molecule has 0 radical (unpaired) electrons. The number of halogens is 1. The van der Waals surface area contributed by atoms with Crippen LogP contribution < -0.4 is 5.69 Å². The topological polar surface area (TPSA) is 41.0 Å². The molecule has 1 aromatic heterocycles. The molecule has 108 valence electrons. The lowest BCUT2D eigenvalue weighted by Crippen LogP contribution is -2.29. The van der Waals surface area contributed by atoms with E-state index in [2.05, 4.69) is 23.7 Å². The summed E-state index contributed by atoms with van der Waals surface area (Å²) in [5.74, 6) is 0.546. The van der Waals surface area contributed by atoms with Gasteiger partial charge in [0.05, 0.1) is 11.0 Å². The number of nitrogens with one attached hydrogen (secondary N) is 1. The number of aromatic amines is 1. The van der Waals surface area contributed by atoms with Crippen LogP contribution in [0, 0.1) is 5.92 Å². The molecule has 3 rings (SSSR count). The van der Waals surface area contributed by atoms with Gasteiger partial charge in [0.25, 0.3) is 0 Å². The van der Waals surface area contributed by atoms with Crippen LogP contribution in [0.2, 0.25) is 5.02 Å². The highest BCUT2D eigenvalue weighted by Gasteiger charge is 2.25. The van der Waals surface area contributed by atoms with Crippen molar-refractivity contribution in [3.63, 3.8) is 0 Å². The van der Waals surface area contributed by atoms with E-state index in [0.29, 0.717) is 17.0 Å². The number of hydrogen-bond acceptors (Lipinski definition) is 2. The first-order valence-corrected chi connectivity index (χ1v) is 7.54. The van der Waals surface area contributed by atoms with E-state index >= 15 is 0 Å². The van der Waals surface area contributed by atoms with E-state index in [-0.39, 0.29) is 5.69 Å². The number of imidazole rings is 1. The average molecular weight is 294 g/mol. The summed E-state index contributed by atoms with van der Waals surface area (Å²) in [5, 5.41) is 0.651. The number of fused-ring (bicyclic) bond motifs is 1. The van der Waals surface area contributed by atoms with Crippen molar-refractivity contribution >= 4 is 22.6 Å². The number of hydrogen-bond donors (Lipinski definition) is 1. The van der Waals surface area contributed by atoms with Gasteiger partial charge in [-0.3, -0.25) is 4.57 Å². The van der Waals surface area contributed by atoms with Gasteiger partial charge in [-0.2, -0.15) is 0 Å². The molecule has 1 fully saturated rings. The SMILES string of the molecule is CC(C)N1CCC(Cn2c(=O)[nH]c3cc(Cl)ccc32)C1. The molecule has 0 spiro atoms. The summed E-state index contributed by atoms with van der Waals surface area (Å²) in [6.45, 7) is 7.43. The zero-order valence-corrected chi connectivity index (χ0v) is 12.7. The molecule has 20 heavy (non-hydrogen) atoms. The zero-order valence-electron chi connectivity index (χ0n) is 11.9. The molecule has 1 aromatic carbocycles. The summed E-state index contributed by atoms with van der Waals surface area (Å²) in [7, 11) is 0. The smallest absolute Gasteiger partial charge is 0.305 e. The molecular weight excluding hydrogens is 274 g/mol. The molecule has 1 unspecified atom stereocenters. The third kappa shape index (κ3) is 2.50. The van der Waals surface area contributed by atoms with Crippen molar-refractivity contribution in [2.45, 2.75) is 32.9 Å². The number of rotatable bonds is 3. The predicted octanol–water partition coefficient (Wildman–Crippen LogP) is 2.71. The highest BCUT2D eigenvalue weighted by Crippen LogP contribution is 2.22. The third-order valence-corrected chi connectivity index (χ3v) is 4.46. The summed E-state index contributed by atoms with van der Waals surface area (Å²) < 4.78 is 1.85. The lowest BCUT2D eigenvalue weighted by Gasteiger charge is -2.20. The van der Waals surface area contributed by atoms with Crippen molar-refractivity contribution in [1.82, 2.24) is 14.5 Å². The van der Waals surface area contributed by atoms with Crippen LogP contribution in [0.3, 0.4) is 0 Å². The Bertz CT molecular complexity index is 673. The van der Waals surface area contributed by atoms with E-state index < -0.39 is 0 Å². The van der Waals surface area contributed by atoms with Gasteiger partial charge in [0.1, 0.15) is 0 Å². The molecule has 1 N–H and O–H groups in total. The van der Waals surface area contributed by atoms with Crippen molar-refractivity contribution < 1.29 is 0 Å². The van der Waals surface area contributed by atoms with E-state index in [1.165, 1.54) is 0 Å². The average Bonchev–Trinajstić information content (AvgIpc) is 2.96. The summed E-state index contributed by atoms with van der Waals surface area (Å²) >= 11 is 5.97. The van der Waals surface area contributed by atoms with Crippen LogP contribution in [0.1, 0.15) is 20.3 Å². The second-order valence-electron chi connectivity index (χ2n) is 5.95. The summed E-state index contributed by atoms with van der Waals surface area (Å²) in [6.07, 6.45) is 1.16. The summed E-state index contributed by atoms with van der Waals surface area (Å²) in [4.78, 5) is 17.5. The van der Waals surface area contributed by atoms with Gasteiger partial charge in [0.15, 0.2) is 0 Å². The van der Waals surface area contributed by atoms with Gasteiger partial charge in [-0.25, -0.2) is 4.79 Å². The van der Waals surface area contributed by atoms with Gasteiger partial charge in [0, 0.05) is 24.2 Å². The fourth-order valence-electron chi connectivity index (χ4n) is 3.06. The summed E-state index contributed by atoms with van der Waals surface area (Å²) in [5.41, 5.74) is 1.73. The standard InChI is InChI=1S/C15H20ClN3O/c1-10(2)18-6-5-11(8-18)9-19-14-4-3-12(16)7-13(14)17-15(19)20/h3-4,7,10-11H,5-6,8-9H2,1-2H3,(H,17,20). The lowest BCUT2D eigenvalue weighted by molar-refractivity contribution is 0.261. The molecule has 2 heterocycles. The molecule has 5 heteroatoms. The van der Waals surface area contributed by atoms with Crippen LogP contribution in [-0.2, 0) is 6.54 Å². The Morgan fingerprint density at radius 3 is 2.95 bits per heavy atom. The van der Waals surface area contributed by atoms with Crippen molar-refractivity contribution in [3.05, 3.63) is 33.7 Å². The lowest BCUT2D eigenvalue weighted by atomic mass is 10.1. The maximum atomic E-state index is 12.1. The minimum absolute atomic E-state index is 0.0368. The molecule has 0 saturated carbocycles. The van der Waals surface area contributed by atoms with E-state index in [1.807, 2.05) is 22.8 Å². The number of H-pyrrole nitrogens is 1. The quantitative estimate of drug-likeness (QED) is 0.945. The highest BCUT2D eigenvalue weighted by atomic mass is 35.5. The minimum Gasteiger partial charge on any atom is -0.305 e. The van der Waals surface area contributed by atoms with E-state index in [9.17, 15) is 4.79 Å². The van der Waals surface area contributed by atoms with Crippen LogP contribution >= 0.6 is 11.6 Å². The first-order valence-electron chi connectivity index (χ1n) is 7.16. The van der Waals surface area contributed by atoms with Gasteiger partial charge in [0.2, 0.25) is 0 Å². The van der Waals surface area contributed by atoms with E-state index in [0.717, 1.165) is 37.1 Å². The molecular formula is C15H20ClN3O. The van der Waals surface area contributed by atoms with Crippen LogP contribution in [0.4, 0.5) is 0 Å². The highest BCUT2D eigenvalue weighted by molar-refractivity contribution is 6.31. The molecule has 1 atom stereocenters. The normalized spacial score (nSPS) is 20.3. The van der Waals surface area contributed by atoms with Gasteiger partial charge in [-0.15, -0.1) is 0 Å². The Labute approximate surface area is 123 Å². The molecule has 0 bridgehead atoms. The van der Waals surface area contributed by atoms with Crippen LogP contribution in [0.25, 0.3) is 11.0 Å². The Morgan fingerprint density at radius 1 is 1.45 bits per heavy atom. The monoisotopic (exact) mass is 293 g/mol. The van der Waals surface area contributed by atoms with Crippen molar-refractivity contribution in [3.8, 4) is 0 Å². The maximum Gasteiger partial charge on any atom is 0.326 e. The van der Waals surface area contributed by atoms with Gasteiger partial charge < -0.3 is 9.88 Å².